The number of ether oxygens (including phenoxy) is 2. The molecule has 0 aliphatic heterocycles. The fourth-order valence-electron chi connectivity index (χ4n) is 11.0. The maximum absolute atomic E-state index is 17.4. The summed E-state index contributed by atoms with van der Waals surface area (Å²) < 4.78 is 27.3. The zero-order valence-corrected chi connectivity index (χ0v) is 35.8. The molecule has 11 nitrogen and oxygen atoms in total. The van der Waals surface area contributed by atoms with E-state index in [4.69, 9.17) is 4.74 Å². The second-order valence-corrected chi connectivity index (χ2v) is 18.2. The molecule has 328 valence electrons. The molecule has 4 rings (SSSR count). The molecule has 4 N–H and O–H groups in total. The summed E-state index contributed by atoms with van der Waals surface area (Å²) in [5, 5.41) is 29.4. The lowest BCUT2D eigenvalue weighted by atomic mass is 9.44. The van der Waals surface area contributed by atoms with Crippen LogP contribution in [0.25, 0.3) is 0 Å². The number of carbonyl (C=O) groups excluding carboxylic acids is 5. The minimum absolute atomic E-state index is 0.128. The molecule has 0 spiro atoms. The molecule has 0 radical (unpaired) electrons. The van der Waals surface area contributed by atoms with Gasteiger partial charge in [-0.05, 0) is 82.3 Å². The van der Waals surface area contributed by atoms with Crippen molar-refractivity contribution in [2.75, 3.05) is 26.8 Å². The smallest absolute Gasteiger partial charge is 0.407 e. The summed E-state index contributed by atoms with van der Waals surface area (Å²) in [4.78, 5) is 61.6. The number of carbonyl (C=O) groups is 5. The molecule has 8 atom stereocenters. The number of aliphatic hydroxyl groups excluding tert-OH is 1. The fraction of sp³-hybridized carbons (Fsp3) is 0.804. The van der Waals surface area contributed by atoms with Gasteiger partial charge in [-0.1, -0.05) is 103 Å². The van der Waals surface area contributed by atoms with Crippen molar-refractivity contribution in [2.24, 2.45) is 28.6 Å². The second kappa shape index (κ2) is 21.9. The molecule has 0 heterocycles. The number of amides is 2. The van der Waals surface area contributed by atoms with E-state index in [1.807, 2.05) is 0 Å². The average molecular weight is 817 g/mol. The third kappa shape index (κ3) is 11.0. The largest absolute Gasteiger partial charge is 0.469 e. The lowest BCUT2D eigenvalue weighted by Crippen LogP contribution is -2.69. The van der Waals surface area contributed by atoms with Crippen molar-refractivity contribution in [3.8, 4) is 0 Å². The second-order valence-electron chi connectivity index (χ2n) is 18.2. The first-order valence-electron chi connectivity index (χ1n) is 22.5. The highest BCUT2D eigenvalue weighted by Gasteiger charge is 2.75. The number of halogens is 1. The van der Waals surface area contributed by atoms with Gasteiger partial charge in [-0.3, -0.25) is 19.2 Å². The standard InChI is InChI=1S/C46H73FN2O9/c1-33-29-37-36-24-23-34-30-35(50)25-26-43(34,2)45(36,47)38(51)31-44(37,3)46(33,56)39(52)32-58-42(55)49-28-20-16-12-7-5-9-13-17-21-40(53)48-27-19-15-11-8-6-10-14-18-22-41(54)57-4/h25-26,30,33,36-38,51,56H,5-24,27-29,31-32H2,1-4H3,(H,48,53)(H,49,55)/t33-,36?,37?,38?,43?,44?,45+,46+/m1/s1. The molecule has 2 amide bonds. The summed E-state index contributed by atoms with van der Waals surface area (Å²) in [6.45, 7) is 5.81. The summed E-state index contributed by atoms with van der Waals surface area (Å²) in [7, 11) is 1.43. The van der Waals surface area contributed by atoms with Crippen LogP contribution in [-0.2, 0) is 28.7 Å². The zero-order valence-electron chi connectivity index (χ0n) is 35.8. The minimum Gasteiger partial charge on any atom is -0.469 e. The Kier molecular flexibility index (Phi) is 18.0. The molecule has 3 saturated carbocycles. The van der Waals surface area contributed by atoms with E-state index in [1.54, 1.807) is 26.8 Å². The lowest BCUT2D eigenvalue weighted by Gasteiger charge is -2.62. The van der Waals surface area contributed by atoms with Gasteiger partial charge in [-0.25, -0.2) is 9.18 Å². The van der Waals surface area contributed by atoms with Crippen molar-refractivity contribution in [1.82, 2.24) is 10.6 Å². The maximum atomic E-state index is 17.4. The molecule has 12 heteroatoms. The van der Waals surface area contributed by atoms with Crippen molar-refractivity contribution in [2.45, 2.75) is 179 Å². The number of unbranched alkanes of at least 4 members (excludes halogenated alkanes) is 14. The first-order chi connectivity index (χ1) is 27.6. The van der Waals surface area contributed by atoms with Gasteiger partial charge in [0, 0.05) is 42.7 Å². The highest BCUT2D eigenvalue weighted by Crippen LogP contribution is 2.70. The van der Waals surface area contributed by atoms with Crippen LogP contribution in [-0.4, -0.2) is 83.9 Å². The summed E-state index contributed by atoms with van der Waals surface area (Å²) in [6, 6.07) is 0. The molecule has 0 saturated heterocycles. The Labute approximate surface area is 346 Å². The Morgan fingerprint density at radius 2 is 1.38 bits per heavy atom. The Morgan fingerprint density at radius 1 is 0.828 bits per heavy atom. The van der Waals surface area contributed by atoms with Gasteiger partial charge in [-0.2, -0.15) is 0 Å². The Hall–Kier alpha value is -3.12. The minimum atomic E-state index is -2.05. The van der Waals surface area contributed by atoms with E-state index in [0.29, 0.717) is 44.2 Å². The van der Waals surface area contributed by atoms with Crippen molar-refractivity contribution in [3.63, 3.8) is 0 Å². The summed E-state index contributed by atoms with van der Waals surface area (Å²) in [5.41, 5.74) is -5.56. The van der Waals surface area contributed by atoms with E-state index < -0.39 is 58.5 Å². The van der Waals surface area contributed by atoms with Crippen LogP contribution in [0.3, 0.4) is 0 Å². The molecule has 0 aromatic heterocycles. The van der Waals surface area contributed by atoms with Crippen LogP contribution in [0.2, 0.25) is 0 Å². The number of hydrogen-bond donors (Lipinski definition) is 4. The fourth-order valence-corrected chi connectivity index (χ4v) is 11.0. The molecule has 4 aliphatic carbocycles. The monoisotopic (exact) mass is 817 g/mol. The Morgan fingerprint density at radius 3 is 1.98 bits per heavy atom. The number of esters is 1. The number of rotatable bonds is 25. The van der Waals surface area contributed by atoms with Crippen LogP contribution in [0.15, 0.2) is 23.8 Å². The number of allylic oxidation sites excluding steroid dienone is 4. The third-order valence-electron chi connectivity index (χ3n) is 14.4. The molecule has 0 bridgehead atoms. The number of methoxy groups -OCH3 is 1. The average Bonchev–Trinajstić information content (AvgIpc) is 3.39. The van der Waals surface area contributed by atoms with Gasteiger partial charge < -0.3 is 30.3 Å². The molecule has 0 aromatic carbocycles. The maximum Gasteiger partial charge on any atom is 0.407 e. The quantitative estimate of drug-likeness (QED) is 0.0528. The van der Waals surface area contributed by atoms with Crippen LogP contribution in [0.4, 0.5) is 9.18 Å². The first-order valence-corrected chi connectivity index (χ1v) is 22.5. The van der Waals surface area contributed by atoms with Gasteiger partial charge in [-0.15, -0.1) is 0 Å². The molecule has 5 unspecified atom stereocenters. The van der Waals surface area contributed by atoms with Gasteiger partial charge in [0.15, 0.2) is 18.1 Å². The van der Waals surface area contributed by atoms with Gasteiger partial charge in [0.1, 0.15) is 5.60 Å². The number of alkyl halides is 1. The van der Waals surface area contributed by atoms with Gasteiger partial charge >= 0.3 is 12.1 Å². The van der Waals surface area contributed by atoms with Crippen LogP contribution < -0.4 is 10.6 Å². The van der Waals surface area contributed by atoms with Crippen LogP contribution in [0.5, 0.6) is 0 Å². The van der Waals surface area contributed by atoms with E-state index in [-0.39, 0.29) is 30.0 Å². The van der Waals surface area contributed by atoms with Crippen LogP contribution >= 0.6 is 0 Å². The first kappa shape index (κ1) is 47.6. The molecule has 4 aliphatic rings. The van der Waals surface area contributed by atoms with Gasteiger partial charge in [0.25, 0.3) is 0 Å². The predicted molar refractivity (Wildman–Crippen MR) is 220 cm³/mol. The number of Topliss-reactive ketones (excluding diaryl/α,β-unsaturated/α-hetero) is 1. The topological polar surface area (TPSA) is 168 Å². The number of nitrogens with one attached hydrogen (secondary N) is 2. The summed E-state index contributed by atoms with van der Waals surface area (Å²) in [5.74, 6) is -2.37. The van der Waals surface area contributed by atoms with E-state index in [2.05, 4.69) is 15.4 Å². The highest BCUT2D eigenvalue weighted by molar-refractivity contribution is 6.01. The van der Waals surface area contributed by atoms with Gasteiger partial charge in [0.05, 0.1) is 13.2 Å². The SMILES string of the molecule is COC(=O)CCCCCCCCCCNC(=O)CCCCCCCCCCNC(=O)OCC(=O)[C@@]1(O)[C@H](C)CC2C3CCC4=CC(=O)C=CC4(C)[C@@]3(F)C(O)CC21C. The van der Waals surface area contributed by atoms with Crippen LogP contribution in [0, 0.1) is 28.6 Å². The Bertz CT molecular complexity index is 1480. The highest BCUT2D eigenvalue weighted by atomic mass is 19.1. The van der Waals surface area contributed by atoms with E-state index in [1.165, 1.54) is 38.5 Å². The number of ketones is 2. The lowest BCUT2D eigenvalue weighted by molar-refractivity contribution is -0.219. The number of hydrogen-bond acceptors (Lipinski definition) is 9. The van der Waals surface area contributed by atoms with Crippen molar-refractivity contribution in [1.29, 1.82) is 0 Å². The summed E-state index contributed by atoms with van der Waals surface area (Å²) in [6.07, 6.45) is 21.3. The van der Waals surface area contributed by atoms with E-state index in [0.717, 1.165) is 90.0 Å². The predicted octanol–water partition coefficient (Wildman–Crippen LogP) is 7.94. The normalized spacial score (nSPS) is 31.1. The number of fused-ring (bicyclic) bond motifs is 5. The summed E-state index contributed by atoms with van der Waals surface area (Å²) >= 11 is 0. The van der Waals surface area contributed by atoms with Crippen molar-refractivity contribution < 1.29 is 48.0 Å². The molecular weight excluding hydrogens is 744 g/mol. The Balaban J connectivity index is 1.01. The van der Waals surface area contributed by atoms with Crippen LogP contribution in [0.1, 0.15) is 162 Å². The zero-order chi connectivity index (χ0) is 42.4. The molecule has 58 heavy (non-hydrogen) atoms. The number of aliphatic hydroxyl groups is 2. The molecule has 3 fully saturated rings. The van der Waals surface area contributed by atoms with Gasteiger partial charge in [0.2, 0.25) is 11.7 Å². The van der Waals surface area contributed by atoms with Crippen molar-refractivity contribution in [3.05, 3.63) is 23.8 Å². The molecule has 0 aromatic rings. The van der Waals surface area contributed by atoms with Crippen molar-refractivity contribution >= 4 is 29.5 Å². The number of alkyl carbamates (subject to hydrolysis) is 1. The molecular formula is C46H73FN2O9. The third-order valence-corrected chi connectivity index (χ3v) is 14.4. The van der Waals surface area contributed by atoms with E-state index >= 15 is 4.39 Å². The van der Waals surface area contributed by atoms with E-state index in [9.17, 15) is 34.2 Å².